The summed E-state index contributed by atoms with van der Waals surface area (Å²) in [5.74, 6) is 0.228. The van der Waals surface area contributed by atoms with Crippen molar-refractivity contribution in [2.45, 2.75) is 91.0 Å². The molecule has 1 fully saturated rings. The summed E-state index contributed by atoms with van der Waals surface area (Å²) in [7, 11) is 0. The third-order valence-corrected chi connectivity index (χ3v) is 4.84. The number of amides is 1. The Kier molecular flexibility index (Phi) is 8.98. The van der Waals surface area contributed by atoms with Crippen LogP contribution in [-0.4, -0.2) is 25.0 Å². The molecular formula is C18H36N2O. The molecule has 21 heavy (non-hydrogen) atoms. The highest BCUT2D eigenvalue weighted by Gasteiger charge is 2.31. The molecule has 1 unspecified atom stereocenters. The Morgan fingerprint density at radius 1 is 1.14 bits per heavy atom. The number of carbonyl (C=O) groups is 1. The monoisotopic (exact) mass is 296 g/mol. The fourth-order valence-corrected chi connectivity index (χ4v) is 3.17. The number of unbranched alkanes of at least 4 members (excludes halogenated alkanes) is 6. The number of hydrogen-bond donors (Lipinski definition) is 2. The largest absolute Gasteiger partial charge is 0.355 e. The van der Waals surface area contributed by atoms with Crippen molar-refractivity contribution in [2.24, 2.45) is 5.41 Å². The standard InChI is InChI=1S/C18H36N2O/c1-4-5-6-7-8-9-10-12-17(21)20-15-16-18(2,3)13-11-14-19-16/h16,19H,4-15H2,1-3H3,(H,20,21). The summed E-state index contributed by atoms with van der Waals surface area (Å²) in [5.41, 5.74) is 0.296. The van der Waals surface area contributed by atoms with Gasteiger partial charge >= 0.3 is 0 Å². The molecule has 2 N–H and O–H groups in total. The Hall–Kier alpha value is -0.570. The van der Waals surface area contributed by atoms with E-state index >= 15 is 0 Å². The highest BCUT2D eigenvalue weighted by Crippen LogP contribution is 2.29. The van der Waals surface area contributed by atoms with Gasteiger partial charge in [0.1, 0.15) is 0 Å². The van der Waals surface area contributed by atoms with E-state index in [0.717, 1.165) is 19.5 Å². The summed E-state index contributed by atoms with van der Waals surface area (Å²) in [6.45, 7) is 8.70. The van der Waals surface area contributed by atoms with E-state index in [1.165, 1.54) is 51.4 Å². The summed E-state index contributed by atoms with van der Waals surface area (Å²) in [6, 6.07) is 0.421. The second kappa shape index (κ2) is 10.2. The van der Waals surface area contributed by atoms with E-state index < -0.39 is 0 Å². The first-order valence-corrected chi connectivity index (χ1v) is 9.06. The van der Waals surface area contributed by atoms with Crippen LogP contribution < -0.4 is 10.6 Å². The molecule has 0 aromatic rings. The highest BCUT2D eigenvalue weighted by atomic mass is 16.1. The minimum atomic E-state index is 0.228. The molecule has 1 saturated heterocycles. The predicted octanol–water partition coefficient (Wildman–Crippen LogP) is 4.02. The molecule has 0 bridgehead atoms. The van der Waals surface area contributed by atoms with Gasteiger partial charge in [0.05, 0.1) is 0 Å². The minimum absolute atomic E-state index is 0.228. The van der Waals surface area contributed by atoms with Crippen LogP contribution in [-0.2, 0) is 4.79 Å². The van der Waals surface area contributed by atoms with E-state index in [2.05, 4.69) is 31.4 Å². The van der Waals surface area contributed by atoms with Gasteiger partial charge in [0.15, 0.2) is 0 Å². The second-order valence-corrected chi connectivity index (χ2v) is 7.27. The van der Waals surface area contributed by atoms with Crippen LogP contribution in [0.15, 0.2) is 0 Å². The van der Waals surface area contributed by atoms with Crippen LogP contribution in [0, 0.1) is 5.41 Å². The summed E-state index contributed by atoms with van der Waals surface area (Å²) in [6.07, 6.45) is 12.0. The summed E-state index contributed by atoms with van der Waals surface area (Å²) in [5, 5.41) is 6.66. The minimum Gasteiger partial charge on any atom is -0.355 e. The number of hydrogen-bond acceptors (Lipinski definition) is 2. The quantitative estimate of drug-likeness (QED) is 0.598. The Morgan fingerprint density at radius 3 is 2.48 bits per heavy atom. The molecule has 0 saturated carbocycles. The van der Waals surface area contributed by atoms with Crippen molar-refractivity contribution < 1.29 is 4.79 Å². The van der Waals surface area contributed by atoms with Crippen molar-refractivity contribution in [2.75, 3.05) is 13.1 Å². The maximum absolute atomic E-state index is 11.9. The van der Waals surface area contributed by atoms with E-state index in [1.54, 1.807) is 0 Å². The van der Waals surface area contributed by atoms with Gasteiger partial charge in [0.2, 0.25) is 5.91 Å². The fraction of sp³-hybridized carbons (Fsp3) is 0.944. The lowest BCUT2D eigenvalue weighted by molar-refractivity contribution is -0.121. The van der Waals surface area contributed by atoms with Crippen molar-refractivity contribution >= 4 is 5.91 Å². The van der Waals surface area contributed by atoms with Crippen LogP contribution in [0.5, 0.6) is 0 Å². The van der Waals surface area contributed by atoms with E-state index in [9.17, 15) is 4.79 Å². The number of nitrogens with one attached hydrogen (secondary N) is 2. The molecule has 1 aliphatic heterocycles. The highest BCUT2D eigenvalue weighted by molar-refractivity contribution is 5.75. The molecule has 1 heterocycles. The number of carbonyl (C=O) groups excluding carboxylic acids is 1. The average molecular weight is 296 g/mol. The van der Waals surface area contributed by atoms with Gasteiger partial charge in [-0.15, -0.1) is 0 Å². The summed E-state index contributed by atoms with van der Waals surface area (Å²) < 4.78 is 0. The lowest BCUT2D eigenvalue weighted by atomic mass is 9.77. The van der Waals surface area contributed by atoms with Gasteiger partial charge in [-0.3, -0.25) is 4.79 Å². The summed E-state index contributed by atoms with van der Waals surface area (Å²) in [4.78, 5) is 11.9. The van der Waals surface area contributed by atoms with E-state index in [1.807, 2.05) is 0 Å². The number of piperidine rings is 1. The average Bonchev–Trinajstić information content (AvgIpc) is 2.44. The van der Waals surface area contributed by atoms with Crippen molar-refractivity contribution in [3.05, 3.63) is 0 Å². The maximum atomic E-state index is 11.9. The Morgan fingerprint density at radius 2 is 1.81 bits per heavy atom. The normalized spacial score (nSPS) is 21.2. The lowest BCUT2D eigenvalue weighted by Crippen LogP contribution is -2.52. The zero-order valence-corrected chi connectivity index (χ0v) is 14.5. The molecule has 0 aliphatic carbocycles. The van der Waals surface area contributed by atoms with E-state index in [0.29, 0.717) is 17.9 Å². The van der Waals surface area contributed by atoms with Crippen molar-refractivity contribution in [3.63, 3.8) is 0 Å². The molecule has 0 aromatic heterocycles. The Balaban J connectivity index is 2.03. The summed E-state index contributed by atoms with van der Waals surface area (Å²) >= 11 is 0. The second-order valence-electron chi connectivity index (χ2n) is 7.27. The fourth-order valence-electron chi connectivity index (χ4n) is 3.17. The first-order valence-electron chi connectivity index (χ1n) is 9.06. The van der Waals surface area contributed by atoms with Crippen LogP contribution in [0.2, 0.25) is 0 Å². The van der Waals surface area contributed by atoms with Gasteiger partial charge in [-0.2, -0.15) is 0 Å². The predicted molar refractivity (Wildman–Crippen MR) is 90.4 cm³/mol. The van der Waals surface area contributed by atoms with E-state index in [-0.39, 0.29) is 5.91 Å². The van der Waals surface area contributed by atoms with Crippen LogP contribution in [0.1, 0.15) is 85.0 Å². The molecule has 1 rings (SSSR count). The molecule has 0 radical (unpaired) electrons. The lowest BCUT2D eigenvalue weighted by Gasteiger charge is -2.39. The molecule has 124 valence electrons. The van der Waals surface area contributed by atoms with Gasteiger partial charge in [-0.05, 0) is 31.2 Å². The van der Waals surface area contributed by atoms with Gasteiger partial charge in [-0.25, -0.2) is 0 Å². The first kappa shape index (κ1) is 18.5. The molecule has 3 heteroatoms. The zero-order chi connectivity index (χ0) is 15.6. The van der Waals surface area contributed by atoms with E-state index in [4.69, 9.17) is 0 Å². The van der Waals surface area contributed by atoms with Gasteiger partial charge in [0, 0.05) is 19.0 Å². The molecule has 1 aliphatic rings. The zero-order valence-electron chi connectivity index (χ0n) is 14.5. The van der Waals surface area contributed by atoms with Crippen LogP contribution in [0.4, 0.5) is 0 Å². The molecular weight excluding hydrogens is 260 g/mol. The van der Waals surface area contributed by atoms with Crippen molar-refractivity contribution in [1.29, 1.82) is 0 Å². The van der Waals surface area contributed by atoms with Crippen LogP contribution in [0.25, 0.3) is 0 Å². The van der Waals surface area contributed by atoms with Crippen molar-refractivity contribution in [1.82, 2.24) is 10.6 Å². The third kappa shape index (κ3) is 7.85. The van der Waals surface area contributed by atoms with Crippen LogP contribution in [0.3, 0.4) is 0 Å². The van der Waals surface area contributed by atoms with Crippen molar-refractivity contribution in [3.8, 4) is 0 Å². The molecule has 0 spiro atoms. The van der Waals surface area contributed by atoms with Gasteiger partial charge in [-0.1, -0.05) is 59.3 Å². The molecule has 1 atom stereocenters. The van der Waals surface area contributed by atoms with Gasteiger partial charge < -0.3 is 10.6 Å². The molecule has 1 amide bonds. The SMILES string of the molecule is CCCCCCCCCC(=O)NCC1NCCCC1(C)C. The Labute approximate surface area is 131 Å². The van der Waals surface area contributed by atoms with Crippen LogP contribution >= 0.6 is 0 Å². The molecule has 0 aromatic carbocycles. The maximum Gasteiger partial charge on any atom is 0.220 e. The Bertz CT molecular complexity index is 289. The topological polar surface area (TPSA) is 41.1 Å². The third-order valence-electron chi connectivity index (χ3n) is 4.84. The van der Waals surface area contributed by atoms with Gasteiger partial charge in [0.25, 0.3) is 0 Å². The smallest absolute Gasteiger partial charge is 0.220 e. The first-order chi connectivity index (χ1) is 10.1. The molecule has 3 nitrogen and oxygen atoms in total. The number of rotatable bonds is 10.